The van der Waals surface area contributed by atoms with Crippen molar-refractivity contribution in [3.63, 3.8) is 0 Å². The van der Waals surface area contributed by atoms with Crippen LogP contribution in [0.15, 0.2) is 57.9 Å². The van der Waals surface area contributed by atoms with Crippen LogP contribution >= 0.6 is 39.3 Å². The topological polar surface area (TPSA) is 94.2 Å². The lowest BCUT2D eigenvalue weighted by Gasteiger charge is -2.14. The number of hydrogen-bond acceptors (Lipinski definition) is 7. The predicted octanol–water partition coefficient (Wildman–Crippen LogP) is 6.70. The molecule has 2 heterocycles. The summed E-state index contributed by atoms with van der Waals surface area (Å²) in [4.78, 5) is 39.4. The number of carbonyl (C=O) groups is 3. The van der Waals surface area contributed by atoms with E-state index in [0.29, 0.717) is 44.0 Å². The zero-order valence-electron chi connectivity index (χ0n) is 20.9. The molecule has 1 fully saturated rings. The van der Waals surface area contributed by atoms with Crippen LogP contribution in [-0.4, -0.2) is 35.4 Å². The number of benzene rings is 3. The van der Waals surface area contributed by atoms with E-state index in [9.17, 15) is 14.4 Å². The van der Waals surface area contributed by atoms with Crippen molar-refractivity contribution in [1.82, 2.24) is 4.90 Å². The minimum Gasteiger partial charge on any atom is -0.484 e. The lowest BCUT2D eigenvalue weighted by Crippen LogP contribution is -2.27. The molecule has 39 heavy (non-hydrogen) atoms. The van der Waals surface area contributed by atoms with Crippen LogP contribution in [0.3, 0.4) is 0 Å². The number of ether oxygens (including phenoxy) is 3. The first-order valence-corrected chi connectivity index (χ1v) is 13.8. The van der Waals surface area contributed by atoms with Gasteiger partial charge in [0, 0.05) is 15.6 Å². The van der Waals surface area contributed by atoms with Gasteiger partial charge in [-0.3, -0.25) is 19.3 Å². The highest BCUT2D eigenvalue weighted by Crippen LogP contribution is 2.39. The van der Waals surface area contributed by atoms with Gasteiger partial charge < -0.3 is 19.5 Å². The van der Waals surface area contributed by atoms with Gasteiger partial charge in [-0.15, -0.1) is 0 Å². The highest BCUT2D eigenvalue weighted by Gasteiger charge is 2.35. The van der Waals surface area contributed by atoms with Crippen molar-refractivity contribution in [3.8, 4) is 17.2 Å². The Morgan fingerprint density at radius 3 is 2.54 bits per heavy atom. The van der Waals surface area contributed by atoms with Gasteiger partial charge in [0.05, 0.1) is 17.1 Å². The summed E-state index contributed by atoms with van der Waals surface area (Å²) in [6.07, 6.45) is 1.64. The van der Waals surface area contributed by atoms with Crippen molar-refractivity contribution in [3.05, 3.63) is 85.2 Å². The van der Waals surface area contributed by atoms with E-state index < -0.39 is 5.91 Å². The van der Waals surface area contributed by atoms with Gasteiger partial charge >= 0.3 is 0 Å². The molecule has 0 atom stereocenters. The summed E-state index contributed by atoms with van der Waals surface area (Å²) < 4.78 is 17.1. The SMILES string of the molecule is Cc1cc(Br)c(NC(=O)COc2ccc(/C=C3\SC(=O)N(Cc4cc5c(cc4Cl)OCO5)C3=O)cc2)cc1C. The van der Waals surface area contributed by atoms with Gasteiger partial charge in [0.15, 0.2) is 18.1 Å². The van der Waals surface area contributed by atoms with Crippen LogP contribution in [0.4, 0.5) is 10.5 Å². The van der Waals surface area contributed by atoms with Gasteiger partial charge in [-0.05, 0) is 100 Å². The van der Waals surface area contributed by atoms with Crippen molar-refractivity contribution in [2.75, 3.05) is 18.7 Å². The fourth-order valence-electron chi connectivity index (χ4n) is 3.91. The van der Waals surface area contributed by atoms with Crippen LogP contribution in [0, 0.1) is 13.8 Å². The van der Waals surface area contributed by atoms with Crippen molar-refractivity contribution >= 4 is 68.1 Å². The lowest BCUT2D eigenvalue weighted by molar-refractivity contribution is -0.123. The summed E-state index contributed by atoms with van der Waals surface area (Å²) in [5.41, 5.74) is 4.16. The molecular weight excluding hydrogens is 608 g/mol. The molecule has 0 saturated carbocycles. The third-order valence-electron chi connectivity index (χ3n) is 6.15. The van der Waals surface area contributed by atoms with Gasteiger partial charge in [-0.1, -0.05) is 23.7 Å². The molecule has 0 bridgehead atoms. The number of fused-ring (bicyclic) bond motifs is 1. The van der Waals surface area contributed by atoms with Crippen LogP contribution in [-0.2, 0) is 16.1 Å². The number of amides is 3. The molecule has 3 aromatic rings. The number of thioether (sulfide) groups is 1. The number of halogens is 2. The molecule has 1 N–H and O–H groups in total. The molecule has 1 saturated heterocycles. The first-order valence-electron chi connectivity index (χ1n) is 11.8. The predicted molar refractivity (Wildman–Crippen MR) is 153 cm³/mol. The molecule has 0 aliphatic carbocycles. The van der Waals surface area contributed by atoms with Crippen molar-refractivity contribution in [1.29, 1.82) is 0 Å². The largest absolute Gasteiger partial charge is 0.484 e. The summed E-state index contributed by atoms with van der Waals surface area (Å²) in [6.45, 7) is 3.93. The van der Waals surface area contributed by atoms with E-state index >= 15 is 0 Å². The number of carbonyl (C=O) groups excluding carboxylic acids is 3. The smallest absolute Gasteiger partial charge is 0.293 e. The lowest BCUT2D eigenvalue weighted by atomic mass is 10.1. The van der Waals surface area contributed by atoms with E-state index in [1.807, 2.05) is 26.0 Å². The zero-order valence-corrected chi connectivity index (χ0v) is 24.0. The first-order chi connectivity index (χ1) is 18.7. The monoisotopic (exact) mass is 628 g/mol. The first kappa shape index (κ1) is 27.1. The van der Waals surface area contributed by atoms with Gasteiger partial charge in [-0.2, -0.15) is 0 Å². The molecule has 0 aromatic heterocycles. The highest BCUT2D eigenvalue weighted by molar-refractivity contribution is 9.10. The van der Waals surface area contributed by atoms with Crippen molar-refractivity contribution in [2.24, 2.45) is 0 Å². The quantitative estimate of drug-likeness (QED) is 0.291. The Hall–Kier alpha value is -3.47. The molecule has 200 valence electrons. The summed E-state index contributed by atoms with van der Waals surface area (Å²) in [7, 11) is 0. The van der Waals surface area contributed by atoms with E-state index in [1.54, 1.807) is 42.5 Å². The molecule has 0 unspecified atom stereocenters. The average Bonchev–Trinajstić information content (AvgIpc) is 3.46. The van der Waals surface area contributed by atoms with E-state index in [-0.39, 0.29) is 31.1 Å². The number of rotatable bonds is 7. The molecule has 2 aliphatic rings. The molecule has 0 radical (unpaired) electrons. The Bertz CT molecular complexity index is 1530. The maximum absolute atomic E-state index is 13.0. The van der Waals surface area contributed by atoms with Gasteiger partial charge in [0.2, 0.25) is 6.79 Å². The van der Waals surface area contributed by atoms with E-state index in [0.717, 1.165) is 32.3 Å². The number of hydrogen-bond donors (Lipinski definition) is 1. The maximum Gasteiger partial charge on any atom is 0.293 e. The molecule has 11 heteroatoms. The Balaban J connectivity index is 1.19. The number of nitrogens with zero attached hydrogens (tertiary/aromatic N) is 1. The maximum atomic E-state index is 13.0. The minimum absolute atomic E-state index is 0.0189. The molecule has 5 rings (SSSR count). The number of nitrogens with one attached hydrogen (secondary N) is 1. The molecule has 3 aromatic carbocycles. The average molecular weight is 630 g/mol. The Morgan fingerprint density at radius 2 is 1.79 bits per heavy atom. The van der Waals surface area contributed by atoms with Gasteiger partial charge in [0.25, 0.3) is 17.1 Å². The number of anilines is 1. The van der Waals surface area contributed by atoms with Crippen LogP contribution < -0.4 is 19.5 Å². The highest BCUT2D eigenvalue weighted by atomic mass is 79.9. The standard InChI is InChI=1S/C28H22BrClN2O6S/c1-15-7-20(29)22(8-16(15)2)31-26(33)13-36-19-5-3-17(4-6-19)9-25-27(34)32(28(35)39-25)12-18-10-23-24(11-21(18)30)38-14-37-23/h3-11H,12-14H2,1-2H3,(H,31,33)/b25-9-. The van der Waals surface area contributed by atoms with Gasteiger partial charge in [0.1, 0.15) is 5.75 Å². The van der Waals surface area contributed by atoms with Crippen LogP contribution in [0.1, 0.15) is 22.3 Å². The third kappa shape index (κ3) is 6.08. The second-order valence-corrected chi connectivity index (χ2v) is 11.1. The normalized spacial score (nSPS) is 15.3. The van der Waals surface area contributed by atoms with Crippen LogP contribution in [0.2, 0.25) is 5.02 Å². The molecule has 0 spiro atoms. The summed E-state index contributed by atoms with van der Waals surface area (Å²) in [5, 5.41) is 2.83. The Morgan fingerprint density at radius 1 is 1.10 bits per heavy atom. The fraction of sp³-hybridized carbons (Fsp3) is 0.179. The van der Waals surface area contributed by atoms with E-state index in [4.69, 9.17) is 25.8 Å². The Labute approximate surface area is 242 Å². The van der Waals surface area contributed by atoms with Gasteiger partial charge in [-0.25, -0.2) is 0 Å². The van der Waals surface area contributed by atoms with Crippen LogP contribution in [0.5, 0.6) is 17.2 Å². The molecule has 8 nitrogen and oxygen atoms in total. The third-order valence-corrected chi connectivity index (χ3v) is 8.06. The summed E-state index contributed by atoms with van der Waals surface area (Å²) >= 11 is 10.6. The molecule has 3 amide bonds. The Kier molecular flexibility index (Phi) is 7.88. The van der Waals surface area contributed by atoms with E-state index in [2.05, 4.69) is 21.2 Å². The number of aryl methyl sites for hydroxylation is 2. The van der Waals surface area contributed by atoms with Crippen molar-refractivity contribution in [2.45, 2.75) is 20.4 Å². The van der Waals surface area contributed by atoms with Crippen LogP contribution in [0.25, 0.3) is 6.08 Å². The second kappa shape index (κ2) is 11.3. The van der Waals surface area contributed by atoms with E-state index in [1.165, 1.54) is 0 Å². The molecular formula is C28H22BrClN2O6S. The zero-order chi connectivity index (χ0) is 27.7. The second-order valence-electron chi connectivity index (χ2n) is 8.89. The minimum atomic E-state index is -0.409. The number of imide groups is 1. The fourth-order valence-corrected chi connectivity index (χ4v) is 5.52. The molecule has 2 aliphatic heterocycles. The van der Waals surface area contributed by atoms with Crippen molar-refractivity contribution < 1.29 is 28.6 Å². The summed E-state index contributed by atoms with van der Waals surface area (Å²) in [5.74, 6) is 0.842. The summed E-state index contributed by atoms with van der Waals surface area (Å²) in [6, 6.07) is 14.0.